The standard InChI is InChI=1S/C13H23N7O/c1-8(2)15-10(21)9(3)16-12-17-11(14)18-13(19-12)20-6-4-5-7-20/h8-9H,4-7H2,1-3H3,(H,15,21)(H3,14,16,17,18,19). The average molecular weight is 293 g/mol. The molecule has 1 amide bonds. The number of carbonyl (C=O) groups is 1. The first-order valence-corrected chi connectivity index (χ1v) is 7.29. The van der Waals surface area contributed by atoms with Crippen molar-refractivity contribution in [2.45, 2.75) is 45.7 Å². The van der Waals surface area contributed by atoms with E-state index in [1.54, 1.807) is 6.92 Å². The quantitative estimate of drug-likeness (QED) is 0.720. The molecule has 1 saturated heterocycles. The summed E-state index contributed by atoms with van der Waals surface area (Å²) in [5.41, 5.74) is 5.73. The van der Waals surface area contributed by atoms with Crippen LogP contribution >= 0.6 is 0 Å². The Morgan fingerprint density at radius 1 is 1.19 bits per heavy atom. The molecule has 2 rings (SSSR count). The van der Waals surface area contributed by atoms with Crippen LogP contribution in [-0.4, -0.2) is 46.0 Å². The van der Waals surface area contributed by atoms with E-state index in [4.69, 9.17) is 5.73 Å². The largest absolute Gasteiger partial charge is 0.368 e. The number of rotatable bonds is 5. The van der Waals surface area contributed by atoms with Crippen molar-refractivity contribution in [3.63, 3.8) is 0 Å². The lowest BCUT2D eigenvalue weighted by atomic mass is 10.3. The Bertz CT molecular complexity index is 499. The summed E-state index contributed by atoms with van der Waals surface area (Å²) in [6.45, 7) is 7.43. The predicted molar refractivity (Wildman–Crippen MR) is 82.0 cm³/mol. The molecule has 8 nitrogen and oxygen atoms in total. The van der Waals surface area contributed by atoms with Crippen LogP contribution in [0.2, 0.25) is 0 Å². The van der Waals surface area contributed by atoms with Gasteiger partial charge in [0.25, 0.3) is 0 Å². The molecular formula is C13H23N7O. The minimum absolute atomic E-state index is 0.0883. The first kappa shape index (κ1) is 15.3. The fourth-order valence-corrected chi connectivity index (χ4v) is 2.17. The summed E-state index contributed by atoms with van der Waals surface area (Å²) >= 11 is 0. The maximum Gasteiger partial charge on any atom is 0.242 e. The monoisotopic (exact) mass is 293 g/mol. The van der Waals surface area contributed by atoms with Crippen molar-refractivity contribution in [3.8, 4) is 0 Å². The number of aromatic nitrogens is 3. The van der Waals surface area contributed by atoms with Crippen LogP contribution in [0.15, 0.2) is 0 Å². The van der Waals surface area contributed by atoms with Crippen molar-refractivity contribution in [3.05, 3.63) is 0 Å². The Balaban J connectivity index is 2.07. The van der Waals surface area contributed by atoms with Gasteiger partial charge >= 0.3 is 0 Å². The third-order valence-electron chi connectivity index (χ3n) is 3.20. The van der Waals surface area contributed by atoms with E-state index in [0.717, 1.165) is 25.9 Å². The van der Waals surface area contributed by atoms with E-state index in [-0.39, 0.29) is 17.9 Å². The zero-order chi connectivity index (χ0) is 15.4. The number of nitrogens with two attached hydrogens (primary N) is 1. The molecule has 8 heteroatoms. The van der Waals surface area contributed by atoms with Gasteiger partial charge < -0.3 is 21.3 Å². The van der Waals surface area contributed by atoms with E-state index < -0.39 is 6.04 Å². The van der Waals surface area contributed by atoms with E-state index in [2.05, 4.69) is 30.5 Å². The van der Waals surface area contributed by atoms with Gasteiger partial charge in [-0.05, 0) is 33.6 Å². The lowest BCUT2D eigenvalue weighted by Gasteiger charge is -2.18. The van der Waals surface area contributed by atoms with Gasteiger partial charge in [0.05, 0.1) is 0 Å². The fraction of sp³-hybridized carbons (Fsp3) is 0.692. The highest BCUT2D eigenvalue weighted by atomic mass is 16.2. The maximum atomic E-state index is 11.9. The maximum absolute atomic E-state index is 11.9. The number of nitrogens with one attached hydrogen (secondary N) is 2. The molecule has 4 N–H and O–H groups in total. The van der Waals surface area contributed by atoms with Crippen LogP contribution in [0.4, 0.5) is 17.8 Å². The summed E-state index contributed by atoms with van der Waals surface area (Å²) in [5.74, 6) is 0.951. The van der Waals surface area contributed by atoms with Crippen molar-refractivity contribution in [1.29, 1.82) is 0 Å². The number of nitrogens with zero attached hydrogens (tertiary/aromatic N) is 4. The second-order valence-corrected chi connectivity index (χ2v) is 5.54. The molecule has 0 spiro atoms. The lowest BCUT2D eigenvalue weighted by molar-refractivity contribution is -0.122. The molecule has 1 aromatic heterocycles. The predicted octanol–water partition coefficient (Wildman–Crippen LogP) is 0.379. The molecule has 1 atom stereocenters. The fourth-order valence-electron chi connectivity index (χ4n) is 2.17. The van der Waals surface area contributed by atoms with Crippen molar-refractivity contribution < 1.29 is 4.79 Å². The number of carbonyl (C=O) groups excluding carboxylic acids is 1. The van der Waals surface area contributed by atoms with E-state index in [9.17, 15) is 4.79 Å². The van der Waals surface area contributed by atoms with Gasteiger partial charge in [0, 0.05) is 19.1 Å². The van der Waals surface area contributed by atoms with Crippen LogP contribution in [0.5, 0.6) is 0 Å². The van der Waals surface area contributed by atoms with Crippen molar-refractivity contribution >= 4 is 23.8 Å². The highest BCUT2D eigenvalue weighted by Crippen LogP contribution is 2.17. The molecule has 1 aliphatic heterocycles. The van der Waals surface area contributed by atoms with Crippen molar-refractivity contribution in [2.24, 2.45) is 0 Å². The minimum atomic E-state index is -0.444. The third-order valence-corrected chi connectivity index (χ3v) is 3.20. The second-order valence-electron chi connectivity index (χ2n) is 5.54. The summed E-state index contributed by atoms with van der Waals surface area (Å²) in [4.78, 5) is 26.5. The summed E-state index contributed by atoms with van der Waals surface area (Å²) in [6.07, 6.45) is 2.25. The molecule has 1 aromatic rings. The number of hydrogen-bond acceptors (Lipinski definition) is 7. The molecule has 1 unspecified atom stereocenters. The Labute approximate surface area is 124 Å². The normalized spacial score (nSPS) is 16.1. The number of hydrogen-bond donors (Lipinski definition) is 3. The van der Waals surface area contributed by atoms with E-state index in [1.165, 1.54) is 0 Å². The van der Waals surface area contributed by atoms with Crippen LogP contribution in [0.25, 0.3) is 0 Å². The zero-order valence-electron chi connectivity index (χ0n) is 12.8. The van der Waals surface area contributed by atoms with Gasteiger partial charge in [-0.3, -0.25) is 4.79 Å². The molecule has 0 radical (unpaired) electrons. The van der Waals surface area contributed by atoms with Gasteiger partial charge in [-0.15, -0.1) is 0 Å². The lowest BCUT2D eigenvalue weighted by Crippen LogP contribution is -2.41. The van der Waals surface area contributed by atoms with Gasteiger partial charge in [-0.1, -0.05) is 0 Å². The van der Waals surface area contributed by atoms with Crippen molar-refractivity contribution in [1.82, 2.24) is 20.3 Å². The molecule has 0 aromatic carbocycles. The van der Waals surface area contributed by atoms with E-state index in [1.807, 2.05) is 13.8 Å². The summed E-state index contributed by atoms with van der Waals surface area (Å²) < 4.78 is 0. The first-order chi connectivity index (χ1) is 9.95. The molecular weight excluding hydrogens is 270 g/mol. The highest BCUT2D eigenvalue weighted by Gasteiger charge is 2.19. The summed E-state index contributed by atoms with van der Waals surface area (Å²) in [6, 6.07) is -0.356. The molecule has 116 valence electrons. The van der Waals surface area contributed by atoms with E-state index in [0.29, 0.717) is 11.9 Å². The van der Waals surface area contributed by atoms with Gasteiger partial charge in [0.2, 0.25) is 23.8 Å². The summed E-state index contributed by atoms with van der Waals surface area (Å²) in [7, 11) is 0. The Kier molecular flexibility index (Phi) is 4.77. The molecule has 2 heterocycles. The van der Waals surface area contributed by atoms with Crippen LogP contribution in [-0.2, 0) is 4.79 Å². The van der Waals surface area contributed by atoms with Gasteiger partial charge in [0.1, 0.15) is 6.04 Å². The van der Waals surface area contributed by atoms with Gasteiger partial charge in [0.15, 0.2) is 0 Å². The number of nitrogen functional groups attached to an aromatic ring is 1. The van der Waals surface area contributed by atoms with Crippen LogP contribution in [0, 0.1) is 0 Å². The second kappa shape index (κ2) is 6.55. The third kappa shape index (κ3) is 4.17. The Hall–Kier alpha value is -2.12. The van der Waals surface area contributed by atoms with Crippen LogP contribution < -0.4 is 21.3 Å². The Morgan fingerprint density at radius 2 is 1.86 bits per heavy atom. The molecule has 0 aliphatic carbocycles. The van der Waals surface area contributed by atoms with Crippen LogP contribution in [0.3, 0.4) is 0 Å². The number of anilines is 3. The molecule has 0 saturated carbocycles. The smallest absolute Gasteiger partial charge is 0.242 e. The minimum Gasteiger partial charge on any atom is -0.368 e. The molecule has 1 aliphatic rings. The average Bonchev–Trinajstić information content (AvgIpc) is 2.90. The Morgan fingerprint density at radius 3 is 2.48 bits per heavy atom. The SMILES string of the molecule is CC(C)NC(=O)C(C)Nc1nc(N)nc(N2CCCC2)n1. The number of amides is 1. The van der Waals surface area contributed by atoms with Crippen molar-refractivity contribution in [2.75, 3.05) is 29.0 Å². The molecule has 0 bridgehead atoms. The van der Waals surface area contributed by atoms with E-state index >= 15 is 0 Å². The molecule has 21 heavy (non-hydrogen) atoms. The molecule has 1 fully saturated rings. The van der Waals surface area contributed by atoms with Gasteiger partial charge in [-0.2, -0.15) is 15.0 Å². The van der Waals surface area contributed by atoms with Crippen LogP contribution in [0.1, 0.15) is 33.6 Å². The van der Waals surface area contributed by atoms with Gasteiger partial charge in [-0.25, -0.2) is 0 Å². The topological polar surface area (TPSA) is 109 Å². The zero-order valence-corrected chi connectivity index (χ0v) is 12.8. The summed E-state index contributed by atoms with van der Waals surface area (Å²) in [5, 5.41) is 5.80. The first-order valence-electron chi connectivity index (χ1n) is 7.29. The highest BCUT2D eigenvalue weighted by molar-refractivity contribution is 5.83.